The lowest BCUT2D eigenvalue weighted by molar-refractivity contribution is -0.125. The summed E-state index contributed by atoms with van der Waals surface area (Å²) >= 11 is 1.60. The number of morpholine rings is 1. The van der Waals surface area contributed by atoms with Crippen LogP contribution in [-0.2, 0) is 22.4 Å². The summed E-state index contributed by atoms with van der Waals surface area (Å²) in [6.45, 7) is 6.54. The molecule has 2 aliphatic rings. The second-order valence-corrected chi connectivity index (χ2v) is 7.70. The monoisotopic (exact) mass is 336 g/mol. The molecular weight excluding hydrogens is 312 g/mol. The van der Waals surface area contributed by atoms with Crippen LogP contribution < -0.4 is 5.32 Å². The Morgan fingerprint density at radius 1 is 1.35 bits per heavy atom. The summed E-state index contributed by atoms with van der Waals surface area (Å²) in [5, 5.41) is 3.00. The Bertz CT molecular complexity index is 591. The molecule has 0 bridgehead atoms. The van der Waals surface area contributed by atoms with Gasteiger partial charge in [-0.3, -0.25) is 9.59 Å². The normalized spacial score (nSPS) is 21.2. The van der Waals surface area contributed by atoms with E-state index in [2.05, 4.69) is 5.32 Å². The van der Waals surface area contributed by atoms with Gasteiger partial charge in [-0.25, -0.2) is 0 Å². The number of amides is 2. The highest BCUT2D eigenvalue weighted by Gasteiger charge is 2.29. The number of nitrogens with zero attached hydrogens (tertiary/aromatic N) is 1. The van der Waals surface area contributed by atoms with Crippen LogP contribution in [0, 0.1) is 5.92 Å². The van der Waals surface area contributed by atoms with E-state index in [9.17, 15) is 9.59 Å². The second kappa shape index (κ2) is 7.01. The molecule has 1 aromatic heterocycles. The maximum Gasteiger partial charge on any atom is 0.264 e. The number of nitrogens with one attached hydrogen (secondary N) is 1. The molecule has 6 heteroatoms. The maximum atomic E-state index is 12.6. The van der Waals surface area contributed by atoms with E-state index in [0.717, 1.165) is 24.1 Å². The minimum atomic E-state index is 0.0332. The molecule has 1 unspecified atom stereocenters. The van der Waals surface area contributed by atoms with Gasteiger partial charge in [0.1, 0.15) is 0 Å². The Balaban J connectivity index is 1.68. The highest BCUT2D eigenvalue weighted by atomic mass is 32.1. The number of hydrogen-bond donors (Lipinski definition) is 1. The zero-order chi connectivity index (χ0) is 16.4. The number of hydrogen-bond acceptors (Lipinski definition) is 4. The Morgan fingerprint density at radius 2 is 2.09 bits per heavy atom. The lowest BCUT2D eigenvalue weighted by Gasteiger charge is -2.26. The molecule has 0 aromatic carbocycles. The molecule has 1 saturated heterocycles. The summed E-state index contributed by atoms with van der Waals surface area (Å²) in [7, 11) is 0. The Kier molecular flexibility index (Phi) is 5.02. The van der Waals surface area contributed by atoms with Gasteiger partial charge >= 0.3 is 0 Å². The van der Waals surface area contributed by atoms with Crippen molar-refractivity contribution in [3.05, 3.63) is 21.4 Å². The summed E-state index contributed by atoms with van der Waals surface area (Å²) in [4.78, 5) is 28.7. The average Bonchev–Trinajstić information content (AvgIpc) is 2.97. The molecule has 0 radical (unpaired) electrons. The maximum absolute atomic E-state index is 12.6. The summed E-state index contributed by atoms with van der Waals surface area (Å²) in [5.74, 6) is 0.277. The smallest absolute Gasteiger partial charge is 0.264 e. The minimum absolute atomic E-state index is 0.0332. The number of carbonyl (C=O) groups excluding carboxylic acids is 2. The zero-order valence-electron chi connectivity index (χ0n) is 13.8. The van der Waals surface area contributed by atoms with E-state index < -0.39 is 0 Å². The summed E-state index contributed by atoms with van der Waals surface area (Å²) in [6, 6.07) is 2.18. The van der Waals surface area contributed by atoms with Gasteiger partial charge in [-0.15, -0.1) is 11.3 Å². The highest BCUT2D eigenvalue weighted by molar-refractivity contribution is 7.14. The molecule has 1 aliphatic heterocycles. The van der Waals surface area contributed by atoms with Gasteiger partial charge in [0.25, 0.3) is 5.91 Å². The van der Waals surface area contributed by atoms with Gasteiger partial charge < -0.3 is 15.0 Å². The van der Waals surface area contributed by atoms with Crippen molar-refractivity contribution in [3.8, 4) is 0 Å². The van der Waals surface area contributed by atoms with Crippen LogP contribution in [0.2, 0.25) is 0 Å². The van der Waals surface area contributed by atoms with Crippen molar-refractivity contribution in [3.63, 3.8) is 0 Å². The van der Waals surface area contributed by atoms with E-state index >= 15 is 0 Å². The van der Waals surface area contributed by atoms with Crippen LogP contribution in [0.15, 0.2) is 6.07 Å². The predicted octanol–water partition coefficient (Wildman–Crippen LogP) is 1.85. The van der Waals surface area contributed by atoms with Crippen molar-refractivity contribution in [2.24, 2.45) is 5.92 Å². The van der Waals surface area contributed by atoms with Crippen LogP contribution in [0.1, 0.15) is 40.4 Å². The largest absolute Gasteiger partial charge is 0.378 e. The third kappa shape index (κ3) is 3.75. The van der Waals surface area contributed by atoms with Crippen molar-refractivity contribution in [1.29, 1.82) is 0 Å². The number of thiophene rings is 1. The molecular formula is C17H24N2O3S. The lowest BCUT2D eigenvalue weighted by Crippen LogP contribution is -2.40. The van der Waals surface area contributed by atoms with Crippen molar-refractivity contribution in [1.82, 2.24) is 10.2 Å². The molecule has 0 saturated carbocycles. The number of carbonyl (C=O) groups is 2. The van der Waals surface area contributed by atoms with Gasteiger partial charge in [0.05, 0.1) is 18.1 Å². The quantitative estimate of drug-likeness (QED) is 0.916. The molecule has 126 valence electrons. The molecule has 1 aliphatic carbocycles. The van der Waals surface area contributed by atoms with Gasteiger partial charge in [0.2, 0.25) is 5.91 Å². The van der Waals surface area contributed by atoms with E-state index in [1.165, 1.54) is 10.4 Å². The Labute approximate surface area is 141 Å². The van der Waals surface area contributed by atoms with Gasteiger partial charge in [-0.2, -0.15) is 0 Å². The Morgan fingerprint density at radius 3 is 2.78 bits per heavy atom. The SMILES string of the molecule is CC(C)NC(=O)C1CCc2sc(C(=O)N3CCOCC3)cc2C1. The van der Waals surface area contributed by atoms with Gasteiger partial charge in [0, 0.05) is 29.9 Å². The van der Waals surface area contributed by atoms with E-state index in [-0.39, 0.29) is 23.8 Å². The van der Waals surface area contributed by atoms with Crippen LogP contribution in [0.4, 0.5) is 0 Å². The highest BCUT2D eigenvalue weighted by Crippen LogP contribution is 2.33. The van der Waals surface area contributed by atoms with Crippen molar-refractivity contribution in [2.45, 2.75) is 39.2 Å². The van der Waals surface area contributed by atoms with Crippen LogP contribution in [0.3, 0.4) is 0 Å². The van der Waals surface area contributed by atoms with Crippen LogP contribution in [-0.4, -0.2) is 49.1 Å². The van der Waals surface area contributed by atoms with Crippen LogP contribution in [0.5, 0.6) is 0 Å². The van der Waals surface area contributed by atoms with Crippen molar-refractivity contribution < 1.29 is 14.3 Å². The zero-order valence-corrected chi connectivity index (χ0v) is 14.6. The van der Waals surface area contributed by atoms with E-state index in [1.54, 1.807) is 11.3 Å². The van der Waals surface area contributed by atoms with E-state index in [0.29, 0.717) is 26.3 Å². The standard InChI is InChI=1S/C17H24N2O3S/c1-11(2)18-16(20)12-3-4-14-13(9-12)10-15(23-14)17(21)19-5-7-22-8-6-19/h10-12H,3-9H2,1-2H3,(H,18,20). The summed E-state index contributed by atoms with van der Waals surface area (Å²) in [6.07, 6.45) is 2.52. The first-order valence-corrected chi connectivity index (χ1v) is 9.15. The Hall–Kier alpha value is -1.40. The first kappa shape index (κ1) is 16.5. The van der Waals surface area contributed by atoms with E-state index in [4.69, 9.17) is 4.74 Å². The third-order valence-corrected chi connectivity index (χ3v) is 5.62. The molecule has 2 amide bonds. The lowest BCUT2D eigenvalue weighted by atomic mass is 9.87. The third-order valence-electron chi connectivity index (χ3n) is 4.39. The van der Waals surface area contributed by atoms with Gasteiger partial charge in [-0.1, -0.05) is 0 Å². The molecule has 3 rings (SSSR count). The summed E-state index contributed by atoms with van der Waals surface area (Å²) < 4.78 is 5.30. The molecule has 23 heavy (non-hydrogen) atoms. The number of ether oxygens (including phenoxy) is 1. The van der Waals surface area contributed by atoms with Gasteiger partial charge in [-0.05, 0) is 44.7 Å². The molecule has 5 nitrogen and oxygen atoms in total. The fourth-order valence-electron chi connectivity index (χ4n) is 3.18. The molecule has 1 N–H and O–H groups in total. The second-order valence-electron chi connectivity index (χ2n) is 6.57. The van der Waals surface area contributed by atoms with Crippen molar-refractivity contribution >= 4 is 23.2 Å². The number of rotatable bonds is 3. The number of aryl methyl sites for hydroxylation is 1. The fourth-order valence-corrected chi connectivity index (χ4v) is 4.35. The van der Waals surface area contributed by atoms with Crippen LogP contribution in [0.25, 0.3) is 0 Å². The predicted molar refractivity (Wildman–Crippen MR) is 89.8 cm³/mol. The number of fused-ring (bicyclic) bond motifs is 1. The average molecular weight is 336 g/mol. The topological polar surface area (TPSA) is 58.6 Å². The molecule has 1 aromatic rings. The molecule has 2 heterocycles. The van der Waals surface area contributed by atoms with Gasteiger partial charge in [0.15, 0.2) is 0 Å². The van der Waals surface area contributed by atoms with Crippen molar-refractivity contribution in [2.75, 3.05) is 26.3 Å². The summed E-state index contributed by atoms with van der Waals surface area (Å²) in [5.41, 5.74) is 1.18. The molecule has 1 atom stereocenters. The van der Waals surface area contributed by atoms with Crippen LogP contribution >= 0.6 is 11.3 Å². The fraction of sp³-hybridized carbons (Fsp3) is 0.647. The minimum Gasteiger partial charge on any atom is -0.378 e. The first-order chi connectivity index (χ1) is 11.0. The first-order valence-electron chi connectivity index (χ1n) is 8.33. The molecule has 1 fully saturated rings. The van der Waals surface area contributed by atoms with E-state index in [1.807, 2.05) is 24.8 Å². The molecule has 0 spiro atoms.